The van der Waals surface area contributed by atoms with E-state index in [1.165, 1.54) is 0 Å². The molecule has 1 saturated heterocycles. The third-order valence-corrected chi connectivity index (χ3v) is 8.16. The number of benzene rings is 3. The van der Waals surface area contributed by atoms with Gasteiger partial charge in [0.05, 0.1) is 42.7 Å². The predicted molar refractivity (Wildman–Crippen MR) is 156 cm³/mol. The SMILES string of the molecule is Cc1c(-c2ccc(C(N)=O)c3[nH]c4cc(C(=O)N5CCOCC5)ccc4c23)cncc1N1Cc2ccccc2C1=O. The molecule has 2 aliphatic rings. The van der Waals surface area contributed by atoms with Gasteiger partial charge >= 0.3 is 0 Å². The number of hydrogen-bond donors (Lipinski definition) is 2. The first kappa shape index (κ1) is 25.0. The summed E-state index contributed by atoms with van der Waals surface area (Å²) in [7, 11) is 0. The molecule has 0 bridgehead atoms. The molecule has 1 fully saturated rings. The van der Waals surface area contributed by atoms with Gasteiger partial charge in [-0.25, -0.2) is 0 Å². The number of anilines is 1. The second kappa shape index (κ2) is 9.57. The lowest BCUT2D eigenvalue weighted by Gasteiger charge is -2.26. The third kappa shape index (κ3) is 3.96. The van der Waals surface area contributed by atoms with Crippen LogP contribution < -0.4 is 10.6 Å². The van der Waals surface area contributed by atoms with Crippen molar-refractivity contribution in [3.63, 3.8) is 0 Å². The maximum Gasteiger partial charge on any atom is 0.258 e. The lowest BCUT2D eigenvalue weighted by atomic mass is 9.94. The zero-order valence-electron chi connectivity index (χ0n) is 22.4. The number of morpholine rings is 1. The van der Waals surface area contributed by atoms with Crippen molar-refractivity contribution in [1.29, 1.82) is 0 Å². The van der Waals surface area contributed by atoms with Crippen LogP contribution in [0.2, 0.25) is 0 Å². The van der Waals surface area contributed by atoms with Crippen LogP contribution in [0.15, 0.2) is 67.0 Å². The minimum atomic E-state index is -0.554. The fraction of sp³-hybridized carbons (Fsp3) is 0.188. The van der Waals surface area contributed by atoms with Crippen molar-refractivity contribution < 1.29 is 19.1 Å². The number of primary amides is 1. The Labute approximate surface area is 235 Å². The summed E-state index contributed by atoms with van der Waals surface area (Å²) in [6.07, 6.45) is 3.50. The highest BCUT2D eigenvalue weighted by atomic mass is 16.5. The molecule has 0 spiro atoms. The molecule has 0 radical (unpaired) electrons. The Balaban J connectivity index is 1.37. The number of carbonyl (C=O) groups is 3. The first-order valence-electron chi connectivity index (χ1n) is 13.5. The summed E-state index contributed by atoms with van der Waals surface area (Å²) in [6, 6.07) is 16.7. The standard InChI is InChI=1S/C32H27N5O4/c1-18-25(15-34-16-27(18)37-17-20-4-2-3-5-21(20)32(37)40)22-8-9-24(30(33)38)29-28(22)23-7-6-19(14-26(23)35-29)31(39)36-10-12-41-13-11-36/h2-9,14-16,35H,10-13,17H2,1H3,(H2,33,38). The van der Waals surface area contributed by atoms with Gasteiger partial charge in [-0.3, -0.25) is 19.4 Å². The molecule has 0 unspecified atom stereocenters. The number of rotatable bonds is 4. The topological polar surface area (TPSA) is 122 Å². The maximum atomic E-state index is 13.3. The minimum Gasteiger partial charge on any atom is -0.378 e. The van der Waals surface area contributed by atoms with Gasteiger partial charge in [0, 0.05) is 52.3 Å². The molecular formula is C32H27N5O4. The van der Waals surface area contributed by atoms with Crippen molar-refractivity contribution in [1.82, 2.24) is 14.9 Å². The van der Waals surface area contributed by atoms with Crippen molar-refractivity contribution in [2.24, 2.45) is 5.73 Å². The molecule has 4 heterocycles. The second-order valence-corrected chi connectivity index (χ2v) is 10.4. The fourth-order valence-electron chi connectivity index (χ4n) is 6.03. The number of aromatic nitrogens is 2. The zero-order valence-corrected chi connectivity index (χ0v) is 22.4. The summed E-state index contributed by atoms with van der Waals surface area (Å²) in [5.41, 5.74) is 13.0. The molecule has 0 aliphatic carbocycles. The van der Waals surface area contributed by atoms with Gasteiger partial charge in [0.1, 0.15) is 0 Å². The highest BCUT2D eigenvalue weighted by Gasteiger charge is 2.30. The van der Waals surface area contributed by atoms with Gasteiger partial charge < -0.3 is 25.3 Å². The van der Waals surface area contributed by atoms with Crippen molar-refractivity contribution in [2.75, 3.05) is 31.2 Å². The highest BCUT2D eigenvalue weighted by Crippen LogP contribution is 2.40. The molecule has 9 heteroatoms. The van der Waals surface area contributed by atoms with Crippen molar-refractivity contribution >= 4 is 45.2 Å². The first-order valence-corrected chi connectivity index (χ1v) is 13.5. The molecule has 3 aromatic carbocycles. The van der Waals surface area contributed by atoms with Crippen molar-refractivity contribution in [2.45, 2.75) is 13.5 Å². The van der Waals surface area contributed by atoms with E-state index in [4.69, 9.17) is 10.5 Å². The monoisotopic (exact) mass is 545 g/mol. The van der Waals surface area contributed by atoms with E-state index < -0.39 is 5.91 Å². The maximum absolute atomic E-state index is 13.3. The number of nitrogens with two attached hydrogens (primary N) is 1. The van der Waals surface area contributed by atoms with Crippen LogP contribution in [0, 0.1) is 6.92 Å². The number of carbonyl (C=O) groups excluding carboxylic acids is 3. The summed E-state index contributed by atoms with van der Waals surface area (Å²) in [5.74, 6) is -0.670. The molecule has 41 heavy (non-hydrogen) atoms. The van der Waals surface area contributed by atoms with Crippen LogP contribution in [0.3, 0.4) is 0 Å². The Hall–Kier alpha value is -5.02. The Kier molecular flexibility index (Phi) is 5.83. The summed E-state index contributed by atoms with van der Waals surface area (Å²) in [4.78, 5) is 50.3. The Bertz CT molecular complexity index is 1900. The van der Waals surface area contributed by atoms with Gasteiger partial charge in [-0.1, -0.05) is 30.3 Å². The molecular weight excluding hydrogens is 518 g/mol. The van der Waals surface area contributed by atoms with E-state index >= 15 is 0 Å². The normalized spacial score (nSPS) is 15.1. The molecule has 2 aliphatic heterocycles. The van der Waals surface area contributed by atoms with Crippen LogP contribution in [0.25, 0.3) is 32.9 Å². The van der Waals surface area contributed by atoms with Gasteiger partial charge in [-0.2, -0.15) is 0 Å². The second-order valence-electron chi connectivity index (χ2n) is 10.4. The highest BCUT2D eigenvalue weighted by molar-refractivity contribution is 6.21. The lowest BCUT2D eigenvalue weighted by Crippen LogP contribution is -2.40. The number of ether oxygens (including phenoxy) is 1. The van der Waals surface area contributed by atoms with Crippen molar-refractivity contribution in [3.05, 3.63) is 94.8 Å². The van der Waals surface area contributed by atoms with Gasteiger partial charge in [0.2, 0.25) is 0 Å². The number of aromatic amines is 1. The van der Waals surface area contributed by atoms with E-state index in [2.05, 4.69) is 9.97 Å². The molecule has 3 amide bonds. The average Bonchev–Trinajstić information content (AvgIpc) is 3.54. The Morgan fingerprint density at radius 3 is 2.56 bits per heavy atom. The van der Waals surface area contributed by atoms with Gasteiger partial charge in [0.15, 0.2) is 0 Å². The van der Waals surface area contributed by atoms with Crippen molar-refractivity contribution in [3.8, 4) is 11.1 Å². The molecule has 3 N–H and O–H groups in total. The number of nitrogens with zero attached hydrogens (tertiary/aromatic N) is 3. The number of pyridine rings is 1. The Morgan fingerprint density at radius 1 is 0.976 bits per heavy atom. The van der Waals surface area contributed by atoms with Crippen LogP contribution in [-0.4, -0.2) is 58.9 Å². The quantitative estimate of drug-likeness (QED) is 0.346. The molecule has 204 valence electrons. The number of nitrogens with one attached hydrogen (secondary N) is 1. The Morgan fingerprint density at radius 2 is 1.78 bits per heavy atom. The van der Waals surface area contributed by atoms with Crippen LogP contribution in [0.4, 0.5) is 5.69 Å². The summed E-state index contributed by atoms with van der Waals surface area (Å²) < 4.78 is 5.39. The third-order valence-electron chi connectivity index (χ3n) is 8.16. The minimum absolute atomic E-state index is 0.0542. The zero-order chi connectivity index (χ0) is 28.2. The van der Waals surface area contributed by atoms with Crippen LogP contribution in [0.1, 0.15) is 42.2 Å². The molecule has 5 aromatic rings. The van der Waals surface area contributed by atoms with Gasteiger partial charge in [0.25, 0.3) is 17.7 Å². The smallest absolute Gasteiger partial charge is 0.258 e. The number of amides is 3. The lowest BCUT2D eigenvalue weighted by molar-refractivity contribution is 0.0303. The molecule has 9 nitrogen and oxygen atoms in total. The summed E-state index contributed by atoms with van der Waals surface area (Å²) >= 11 is 0. The molecule has 0 saturated carbocycles. The van der Waals surface area contributed by atoms with Crippen LogP contribution in [0.5, 0.6) is 0 Å². The summed E-state index contributed by atoms with van der Waals surface area (Å²) in [6.45, 7) is 4.59. The van der Waals surface area contributed by atoms with E-state index in [0.717, 1.165) is 44.2 Å². The molecule has 7 rings (SSSR count). The van der Waals surface area contributed by atoms with E-state index in [9.17, 15) is 14.4 Å². The number of fused-ring (bicyclic) bond motifs is 4. The fourth-order valence-corrected chi connectivity index (χ4v) is 6.03. The summed E-state index contributed by atoms with van der Waals surface area (Å²) in [5, 5.41) is 1.66. The van der Waals surface area contributed by atoms with E-state index in [1.807, 2.05) is 55.5 Å². The van der Waals surface area contributed by atoms with E-state index in [1.54, 1.807) is 28.3 Å². The number of hydrogen-bond acceptors (Lipinski definition) is 5. The molecule has 2 aromatic heterocycles. The van der Waals surface area contributed by atoms with Gasteiger partial charge in [-0.15, -0.1) is 0 Å². The molecule has 0 atom stereocenters. The van der Waals surface area contributed by atoms with Crippen LogP contribution >= 0.6 is 0 Å². The van der Waals surface area contributed by atoms with E-state index in [-0.39, 0.29) is 11.8 Å². The average molecular weight is 546 g/mol. The first-order chi connectivity index (χ1) is 19.9. The van der Waals surface area contributed by atoms with Crippen LogP contribution in [-0.2, 0) is 11.3 Å². The predicted octanol–water partition coefficient (Wildman–Crippen LogP) is 4.42. The van der Waals surface area contributed by atoms with Gasteiger partial charge in [-0.05, 0) is 47.9 Å². The largest absolute Gasteiger partial charge is 0.378 e. The number of H-pyrrole nitrogens is 1. The van der Waals surface area contributed by atoms with E-state index in [0.29, 0.717) is 55.1 Å².